The minimum atomic E-state index is -1.56. The predicted molar refractivity (Wildman–Crippen MR) is 121 cm³/mol. The molecular formula is C27H31F5. The summed E-state index contributed by atoms with van der Waals surface area (Å²) in [5, 5.41) is -0.532. The normalized spacial score (nSPS) is 19.8. The third-order valence-electron chi connectivity index (χ3n) is 6.69. The molecule has 0 unspecified atom stereocenters. The van der Waals surface area contributed by atoms with Crippen LogP contribution in [0.15, 0.2) is 36.7 Å². The van der Waals surface area contributed by atoms with E-state index in [0.29, 0.717) is 25.2 Å². The first-order chi connectivity index (χ1) is 15.4. The average Bonchev–Trinajstić information content (AvgIpc) is 2.80. The molecule has 1 fully saturated rings. The number of rotatable bonds is 9. The van der Waals surface area contributed by atoms with E-state index >= 15 is 0 Å². The second kappa shape index (κ2) is 11.1. The van der Waals surface area contributed by atoms with Gasteiger partial charge in [-0.25, -0.2) is 22.0 Å². The highest BCUT2D eigenvalue weighted by molar-refractivity contribution is 5.88. The number of aryl methyl sites for hydroxylation is 1. The van der Waals surface area contributed by atoms with Crippen LogP contribution in [0.25, 0.3) is 16.6 Å². The van der Waals surface area contributed by atoms with Crippen LogP contribution < -0.4 is 0 Å². The quantitative estimate of drug-likeness (QED) is 0.203. The molecule has 0 atom stereocenters. The van der Waals surface area contributed by atoms with Crippen molar-refractivity contribution in [3.63, 3.8) is 0 Å². The van der Waals surface area contributed by atoms with E-state index in [2.05, 4.69) is 13.5 Å². The first-order valence-corrected chi connectivity index (χ1v) is 11.6. The predicted octanol–water partition coefficient (Wildman–Crippen LogP) is 9.37. The number of halogens is 5. The van der Waals surface area contributed by atoms with Crippen LogP contribution in [0.1, 0.15) is 75.8 Å². The molecule has 0 spiro atoms. The Bertz CT molecular complexity index is 983. The van der Waals surface area contributed by atoms with Crippen molar-refractivity contribution in [2.75, 3.05) is 0 Å². The number of hydrogen-bond acceptors (Lipinski definition) is 0. The van der Waals surface area contributed by atoms with Gasteiger partial charge >= 0.3 is 0 Å². The van der Waals surface area contributed by atoms with Gasteiger partial charge in [-0.15, -0.1) is 6.58 Å². The molecule has 0 saturated heterocycles. The van der Waals surface area contributed by atoms with Gasteiger partial charge in [0.15, 0.2) is 17.5 Å². The van der Waals surface area contributed by atoms with E-state index in [9.17, 15) is 22.0 Å². The lowest BCUT2D eigenvalue weighted by molar-refractivity contribution is 0.258. The maximum atomic E-state index is 15.0. The molecule has 0 N–H and O–H groups in total. The fourth-order valence-electron chi connectivity index (χ4n) is 4.73. The molecule has 0 nitrogen and oxygen atoms in total. The van der Waals surface area contributed by atoms with E-state index in [0.717, 1.165) is 38.2 Å². The van der Waals surface area contributed by atoms with Crippen molar-refractivity contribution < 1.29 is 22.0 Å². The van der Waals surface area contributed by atoms with Gasteiger partial charge in [0.25, 0.3) is 0 Å². The molecule has 0 amide bonds. The Kier molecular flexibility index (Phi) is 8.50. The van der Waals surface area contributed by atoms with Crippen molar-refractivity contribution in [1.82, 2.24) is 0 Å². The number of fused-ring (bicyclic) bond motifs is 1. The minimum Gasteiger partial charge on any atom is -0.208 e. The highest BCUT2D eigenvalue weighted by Crippen LogP contribution is 2.41. The molecule has 0 radical (unpaired) electrons. The molecule has 0 bridgehead atoms. The Morgan fingerprint density at radius 3 is 2.38 bits per heavy atom. The Morgan fingerprint density at radius 2 is 1.72 bits per heavy atom. The van der Waals surface area contributed by atoms with E-state index < -0.39 is 46.0 Å². The van der Waals surface area contributed by atoms with E-state index in [4.69, 9.17) is 0 Å². The zero-order valence-corrected chi connectivity index (χ0v) is 18.6. The standard InChI is InChI=1S/C27H31F5/c1-3-5-7-8-17-10-12-19(13-11-17)24(29)25(30)21-16-20-15-14-18(9-6-4-2)23(28)22(20)27(32)26(21)31/h4,14-17,19H,2-3,5-13H2,1H3. The van der Waals surface area contributed by atoms with Crippen LogP contribution in [0.5, 0.6) is 0 Å². The van der Waals surface area contributed by atoms with Crippen LogP contribution in [-0.2, 0) is 6.42 Å². The summed E-state index contributed by atoms with van der Waals surface area (Å²) >= 11 is 0. The zero-order valence-electron chi connectivity index (χ0n) is 18.6. The molecule has 3 rings (SSSR count). The summed E-state index contributed by atoms with van der Waals surface area (Å²) in [5.74, 6) is -6.45. The Balaban J connectivity index is 1.86. The van der Waals surface area contributed by atoms with Gasteiger partial charge in [0.2, 0.25) is 0 Å². The van der Waals surface area contributed by atoms with E-state index in [1.165, 1.54) is 18.6 Å². The Morgan fingerprint density at radius 1 is 1.00 bits per heavy atom. The summed E-state index contributed by atoms with van der Waals surface area (Å²) in [6.45, 7) is 5.71. The Hall–Kier alpha value is -2.17. The van der Waals surface area contributed by atoms with Crippen LogP contribution in [0.3, 0.4) is 0 Å². The molecule has 32 heavy (non-hydrogen) atoms. The topological polar surface area (TPSA) is 0 Å². The molecule has 2 aromatic carbocycles. The SMILES string of the molecule is C=CCCc1ccc2cc(C(F)=C(F)C3CCC(CCCCC)CC3)c(F)c(F)c2c1F. The molecule has 0 heterocycles. The van der Waals surface area contributed by atoms with Crippen molar-refractivity contribution in [3.8, 4) is 0 Å². The van der Waals surface area contributed by atoms with E-state index in [1.807, 2.05) is 0 Å². The van der Waals surface area contributed by atoms with Crippen molar-refractivity contribution in [3.05, 3.63) is 65.3 Å². The van der Waals surface area contributed by atoms with E-state index in [-0.39, 0.29) is 17.4 Å². The van der Waals surface area contributed by atoms with Gasteiger partial charge in [0, 0.05) is 5.92 Å². The van der Waals surface area contributed by atoms with Gasteiger partial charge in [-0.1, -0.05) is 50.8 Å². The summed E-state index contributed by atoms with van der Waals surface area (Å²) in [6.07, 6.45) is 9.54. The molecule has 1 saturated carbocycles. The number of benzene rings is 2. The molecule has 1 aliphatic rings. The lowest BCUT2D eigenvalue weighted by Gasteiger charge is -2.28. The lowest BCUT2D eigenvalue weighted by atomic mass is 9.79. The minimum absolute atomic E-state index is 0.00124. The molecule has 1 aliphatic carbocycles. The van der Waals surface area contributed by atoms with Crippen molar-refractivity contribution in [2.45, 2.75) is 71.1 Å². The number of unbranched alkanes of at least 4 members (excludes halogenated alkanes) is 2. The monoisotopic (exact) mass is 450 g/mol. The second-order valence-electron chi connectivity index (χ2n) is 8.89. The van der Waals surface area contributed by atoms with Crippen molar-refractivity contribution in [2.24, 2.45) is 11.8 Å². The first-order valence-electron chi connectivity index (χ1n) is 11.6. The highest BCUT2D eigenvalue weighted by Gasteiger charge is 2.29. The smallest absolute Gasteiger partial charge is 0.170 e. The second-order valence-corrected chi connectivity index (χ2v) is 8.89. The van der Waals surface area contributed by atoms with Crippen molar-refractivity contribution >= 4 is 16.6 Å². The van der Waals surface area contributed by atoms with Crippen molar-refractivity contribution in [1.29, 1.82) is 0 Å². The summed E-state index contributed by atoms with van der Waals surface area (Å²) in [6, 6.07) is 3.87. The van der Waals surface area contributed by atoms with Crippen LogP contribution in [-0.4, -0.2) is 0 Å². The number of hydrogen-bond donors (Lipinski definition) is 0. The maximum Gasteiger partial charge on any atom is 0.170 e. The molecular weight excluding hydrogens is 419 g/mol. The Labute approximate surface area is 187 Å². The molecule has 5 heteroatoms. The fourth-order valence-corrected chi connectivity index (χ4v) is 4.73. The zero-order chi connectivity index (χ0) is 23.3. The summed E-state index contributed by atoms with van der Waals surface area (Å²) in [4.78, 5) is 0. The van der Waals surface area contributed by atoms with Gasteiger partial charge in [-0.3, -0.25) is 0 Å². The number of allylic oxidation sites excluding steroid dienone is 2. The van der Waals surface area contributed by atoms with E-state index in [1.54, 1.807) is 6.08 Å². The van der Waals surface area contributed by atoms with Gasteiger partial charge in [-0.2, -0.15) is 0 Å². The third kappa shape index (κ3) is 5.24. The lowest BCUT2D eigenvalue weighted by Crippen LogP contribution is -2.15. The summed E-state index contributed by atoms with van der Waals surface area (Å²) < 4.78 is 74.1. The van der Waals surface area contributed by atoms with Gasteiger partial charge in [0.1, 0.15) is 11.6 Å². The molecule has 0 aromatic heterocycles. The highest BCUT2D eigenvalue weighted by atomic mass is 19.2. The largest absolute Gasteiger partial charge is 0.208 e. The summed E-state index contributed by atoms with van der Waals surface area (Å²) in [5.41, 5.74) is -0.558. The van der Waals surface area contributed by atoms with Gasteiger partial charge in [0.05, 0.1) is 10.9 Å². The summed E-state index contributed by atoms with van der Waals surface area (Å²) in [7, 11) is 0. The fraction of sp³-hybridized carbons (Fsp3) is 0.481. The first kappa shape index (κ1) is 24.5. The van der Waals surface area contributed by atoms with Crippen LogP contribution >= 0.6 is 0 Å². The van der Waals surface area contributed by atoms with Gasteiger partial charge < -0.3 is 0 Å². The average molecular weight is 451 g/mol. The third-order valence-corrected chi connectivity index (χ3v) is 6.69. The molecule has 2 aromatic rings. The van der Waals surface area contributed by atoms with Gasteiger partial charge in [-0.05, 0) is 61.5 Å². The molecule has 0 aliphatic heterocycles. The van der Waals surface area contributed by atoms with Crippen LogP contribution in [0.4, 0.5) is 22.0 Å². The maximum absolute atomic E-state index is 15.0. The van der Waals surface area contributed by atoms with Crippen LogP contribution in [0, 0.1) is 29.3 Å². The molecule has 174 valence electrons. The van der Waals surface area contributed by atoms with Crippen LogP contribution in [0.2, 0.25) is 0 Å².